The third-order valence-electron chi connectivity index (χ3n) is 1.30. The second-order valence-electron chi connectivity index (χ2n) is 2.15. The number of hydrogen-bond acceptors (Lipinski definition) is 2. The van der Waals surface area contributed by atoms with Crippen LogP contribution in [0.5, 0.6) is 0 Å². The number of carboxylic acid groups (broad SMARTS) is 1. The molecule has 0 saturated carbocycles. The lowest BCUT2D eigenvalue weighted by Gasteiger charge is -1.91. The number of rotatable bonds is 2. The molecule has 1 N–H and O–H groups in total. The number of carboxylic acids is 1. The van der Waals surface area contributed by atoms with E-state index in [-0.39, 0.29) is 6.42 Å². The molecule has 1 aromatic heterocycles. The molecule has 1 rings (SSSR count). The summed E-state index contributed by atoms with van der Waals surface area (Å²) < 4.78 is 0. The molecular weight excluding hydrogens is 148 g/mol. The third-order valence-corrected chi connectivity index (χ3v) is 2.21. The summed E-state index contributed by atoms with van der Waals surface area (Å²) in [7, 11) is 0. The van der Waals surface area contributed by atoms with Crippen molar-refractivity contribution in [3.05, 3.63) is 21.9 Å². The number of thiophene rings is 1. The van der Waals surface area contributed by atoms with Gasteiger partial charge in [0, 0.05) is 0 Å². The van der Waals surface area contributed by atoms with E-state index in [1.807, 2.05) is 17.7 Å². The summed E-state index contributed by atoms with van der Waals surface area (Å²) >= 11 is 1.54. The fourth-order valence-corrected chi connectivity index (χ4v) is 1.59. The second kappa shape index (κ2) is 2.84. The molecule has 3 heteroatoms. The van der Waals surface area contributed by atoms with Crippen LogP contribution >= 0.6 is 11.3 Å². The van der Waals surface area contributed by atoms with Gasteiger partial charge in [-0.3, -0.25) is 4.79 Å². The molecule has 1 aromatic rings. The van der Waals surface area contributed by atoms with E-state index >= 15 is 0 Å². The van der Waals surface area contributed by atoms with Crippen molar-refractivity contribution in [1.82, 2.24) is 0 Å². The fourth-order valence-electron chi connectivity index (χ4n) is 0.731. The van der Waals surface area contributed by atoms with Crippen LogP contribution in [0.4, 0.5) is 0 Å². The highest BCUT2D eigenvalue weighted by atomic mass is 32.1. The number of hydrogen-bond donors (Lipinski definition) is 1. The van der Waals surface area contributed by atoms with Gasteiger partial charge < -0.3 is 5.11 Å². The Bertz CT molecular complexity index is 240. The monoisotopic (exact) mass is 156 g/mol. The van der Waals surface area contributed by atoms with Gasteiger partial charge in [-0.2, -0.15) is 11.3 Å². The number of aliphatic carboxylic acids is 1. The predicted octanol–water partition coefficient (Wildman–Crippen LogP) is 1.68. The van der Waals surface area contributed by atoms with Crippen LogP contribution in [0.2, 0.25) is 0 Å². The minimum atomic E-state index is -0.762. The van der Waals surface area contributed by atoms with Gasteiger partial charge in [0.25, 0.3) is 0 Å². The first kappa shape index (κ1) is 7.28. The Labute approximate surface area is 63.1 Å². The zero-order chi connectivity index (χ0) is 7.56. The van der Waals surface area contributed by atoms with Crippen molar-refractivity contribution >= 4 is 17.3 Å². The van der Waals surface area contributed by atoms with E-state index in [9.17, 15) is 4.79 Å². The summed E-state index contributed by atoms with van der Waals surface area (Å²) in [6, 6.07) is 0. The lowest BCUT2D eigenvalue weighted by atomic mass is 10.2. The van der Waals surface area contributed by atoms with E-state index in [0.717, 1.165) is 11.1 Å². The molecule has 0 aliphatic rings. The van der Waals surface area contributed by atoms with E-state index in [1.165, 1.54) is 0 Å². The molecule has 0 bridgehead atoms. The van der Waals surface area contributed by atoms with Gasteiger partial charge in [-0.05, 0) is 28.8 Å². The summed E-state index contributed by atoms with van der Waals surface area (Å²) in [6.45, 7) is 1.93. The molecular formula is C7H8O2S. The Balaban J connectivity index is 2.74. The summed E-state index contributed by atoms with van der Waals surface area (Å²) in [6.07, 6.45) is 0.148. The SMILES string of the molecule is Cc1cscc1CC(=O)O. The lowest BCUT2D eigenvalue weighted by molar-refractivity contribution is -0.136. The van der Waals surface area contributed by atoms with Gasteiger partial charge in [0.15, 0.2) is 0 Å². The van der Waals surface area contributed by atoms with Gasteiger partial charge in [-0.25, -0.2) is 0 Å². The number of carbonyl (C=O) groups is 1. The van der Waals surface area contributed by atoms with Crippen molar-refractivity contribution in [2.45, 2.75) is 13.3 Å². The standard InChI is InChI=1S/C7H8O2S/c1-5-3-10-4-6(5)2-7(8)9/h3-4H,2H2,1H3,(H,8,9). The summed E-state index contributed by atoms with van der Waals surface area (Å²) in [5.74, 6) is -0.762. The molecule has 0 unspecified atom stereocenters. The van der Waals surface area contributed by atoms with Gasteiger partial charge in [-0.1, -0.05) is 0 Å². The zero-order valence-electron chi connectivity index (χ0n) is 5.63. The van der Waals surface area contributed by atoms with Crippen LogP contribution in [-0.4, -0.2) is 11.1 Å². The Kier molecular flexibility index (Phi) is 2.06. The van der Waals surface area contributed by atoms with E-state index in [4.69, 9.17) is 5.11 Å². The average Bonchev–Trinajstić information content (AvgIpc) is 2.15. The van der Waals surface area contributed by atoms with Crippen LogP contribution in [0.3, 0.4) is 0 Å². The van der Waals surface area contributed by atoms with Crippen LogP contribution in [0.25, 0.3) is 0 Å². The van der Waals surface area contributed by atoms with Crippen molar-refractivity contribution in [3.8, 4) is 0 Å². The Morgan fingerprint density at radius 1 is 1.70 bits per heavy atom. The Morgan fingerprint density at radius 2 is 2.40 bits per heavy atom. The molecule has 0 spiro atoms. The topological polar surface area (TPSA) is 37.3 Å². The maximum atomic E-state index is 10.2. The summed E-state index contributed by atoms with van der Waals surface area (Å²) in [5, 5.41) is 12.2. The molecule has 2 nitrogen and oxygen atoms in total. The maximum absolute atomic E-state index is 10.2. The first-order valence-corrected chi connectivity index (χ1v) is 3.88. The van der Waals surface area contributed by atoms with E-state index in [2.05, 4.69) is 0 Å². The molecule has 0 atom stereocenters. The predicted molar refractivity (Wildman–Crippen MR) is 40.4 cm³/mol. The zero-order valence-corrected chi connectivity index (χ0v) is 6.44. The molecule has 10 heavy (non-hydrogen) atoms. The molecule has 0 fully saturated rings. The van der Waals surface area contributed by atoms with Crippen LogP contribution in [-0.2, 0) is 11.2 Å². The van der Waals surface area contributed by atoms with Crippen molar-refractivity contribution in [1.29, 1.82) is 0 Å². The van der Waals surface area contributed by atoms with Gasteiger partial charge in [0.05, 0.1) is 6.42 Å². The highest BCUT2D eigenvalue weighted by Crippen LogP contribution is 2.13. The molecule has 0 amide bonds. The largest absolute Gasteiger partial charge is 0.481 e. The Hall–Kier alpha value is -0.830. The number of aryl methyl sites for hydroxylation is 1. The van der Waals surface area contributed by atoms with Crippen molar-refractivity contribution in [2.75, 3.05) is 0 Å². The van der Waals surface area contributed by atoms with Crippen LogP contribution in [0.1, 0.15) is 11.1 Å². The molecule has 0 aliphatic carbocycles. The van der Waals surface area contributed by atoms with Gasteiger partial charge in [0.1, 0.15) is 0 Å². The molecule has 1 heterocycles. The smallest absolute Gasteiger partial charge is 0.307 e. The van der Waals surface area contributed by atoms with Gasteiger partial charge in [-0.15, -0.1) is 0 Å². The van der Waals surface area contributed by atoms with Gasteiger partial charge >= 0.3 is 5.97 Å². The molecule has 0 radical (unpaired) electrons. The molecule has 54 valence electrons. The van der Waals surface area contributed by atoms with Crippen molar-refractivity contribution in [3.63, 3.8) is 0 Å². The lowest BCUT2D eigenvalue weighted by Crippen LogP contribution is -1.99. The van der Waals surface area contributed by atoms with Crippen LogP contribution < -0.4 is 0 Å². The second-order valence-corrected chi connectivity index (χ2v) is 2.89. The average molecular weight is 156 g/mol. The molecule has 0 saturated heterocycles. The quantitative estimate of drug-likeness (QED) is 0.707. The Morgan fingerprint density at radius 3 is 2.80 bits per heavy atom. The summed E-state index contributed by atoms with van der Waals surface area (Å²) in [4.78, 5) is 10.2. The maximum Gasteiger partial charge on any atom is 0.307 e. The summed E-state index contributed by atoms with van der Waals surface area (Å²) in [5.41, 5.74) is 2.00. The van der Waals surface area contributed by atoms with Crippen LogP contribution in [0.15, 0.2) is 10.8 Å². The fraction of sp³-hybridized carbons (Fsp3) is 0.286. The minimum absolute atomic E-state index is 0.148. The molecule has 0 aromatic carbocycles. The van der Waals surface area contributed by atoms with Crippen molar-refractivity contribution in [2.24, 2.45) is 0 Å². The third kappa shape index (κ3) is 1.57. The van der Waals surface area contributed by atoms with Crippen LogP contribution in [0, 0.1) is 6.92 Å². The first-order chi connectivity index (χ1) is 4.70. The van der Waals surface area contributed by atoms with E-state index in [1.54, 1.807) is 11.3 Å². The minimum Gasteiger partial charge on any atom is -0.481 e. The van der Waals surface area contributed by atoms with Crippen molar-refractivity contribution < 1.29 is 9.90 Å². The van der Waals surface area contributed by atoms with Gasteiger partial charge in [0.2, 0.25) is 0 Å². The van der Waals surface area contributed by atoms with E-state index < -0.39 is 5.97 Å². The highest BCUT2D eigenvalue weighted by molar-refractivity contribution is 7.08. The molecule has 0 aliphatic heterocycles. The van der Waals surface area contributed by atoms with E-state index in [0.29, 0.717) is 0 Å². The first-order valence-electron chi connectivity index (χ1n) is 2.93. The normalized spacial score (nSPS) is 9.70. The highest BCUT2D eigenvalue weighted by Gasteiger charge is 2.03.